The van der Waals surface area contributed by atoms with Gasteiger partial charge in [-0.15, -0.1) is 0 Å². The fourth-order valence-electron chi connectivity index (χ4n) is 3.73. The number of nitrogens with two attached hydrogens (primary N) is 1. The number of nitrogens with one attached hydrogen (secondary N) is 1. The summed E-state index contributed by atoms with van der Waals surface area (Å²) in [6.45, 7) is 3.12. The van der Waals surface area contributed by atoms with Crippen LogP contribution in [0.25, 0.3) is 17.5 Å². The van der Waals surface area contributed by atoms with Crippen LogP contribution in [0.3, 0.4) is 0 Å². The number of anilines is 1. The molecular weight excluding hydrogens is 516 g/mol. The Balaban J connectivity index is 0.000000293. The number of aromatic nitrogens is 4. The van der Waals surface area contributed by atoms with Crippen molar-refractivity contribution in [2.24, 2.45) is 0 Å². The smallest absolute Gasteiger partial charge is 0.397 e. The quantitative estimate of drug-likeness (QED) is 0.209. The first-order valence-electron chi connectivity index (χ1n) is 12.4. The summed E-state index contributed by atoms with van der Waals surface area (Å²) < 4.78 is 50.5. The average Bonchev–Trinajstić information content (AvgIpc) is 3.73. The molecule has 3 aromatic rings. The second kappa shape index (κ2) is 13.1. The zero-order valence-corrected chi connectivity index (χ0v) is 21.6. The first kappa shape index (κ1) is 29.5. The molecule has 0 bridgehead atoms. The predicted molar refractivity (Wildman–Crippen MR) is 140 cm³/mol. The highest BCUT2D eigenvalue weighted by Gasteiger charge is 2.36. The molecule has 12 heteroatoms. The van der Waals surface area contributed by atoms with E-state index in [1.54, 1.807) is 23.6 Å². The van der Waals surface area contributed by atoms with Gasteiger partial charge in [0, 0.05) is 31.5 Å². The normalized spacial score (nSPS) is 13.2. The molecule has 39 heavy (non-hydrogen) atoms. The van der Waals surface area contributed by atoms with Crippen LogP contribution >= 0.6 is 0 Å². The van der Waals surface area contributed by atoms with Crippen LogP contribution in [0.5, 0.6) is 0 Å². The summed E-state index contributed by atoms with van der Waals surface area (Å²) in [4.78, 5) is 32.7. The number of halogens is 4. The molecule has 1 fully saturated rings. The highest BCUT2D eigenvalue weighted by Crippen LogP contribution is 2.39. The van der Waals surface area contributed by atoms with Crippen LogP contribution in [0.1, 0.15) is 72.0 Å². The molecule has 1 aliphatic rings. The molecule has 1 aromatic carbocycles. The SMILES string of the molecule is CCCCCN(C)/C=C\c1cc(-c2ncc(C3CC3)cn2)c(F)cc1C=O.Nc1cn[nH]c(=O)c1C(F)(F)F. The number of aromatic amines is 1. The third kappa shape index (κ3) is 8.20. The summed E-state index contributed by atoms with van der Waals surface area (Å²) in [6, 6.07) is 2.92. The van der Waals surface area contributed by atoms with Crippen LogP contribution in [0.15, 0.2) is 41.7 Å². The Morgan fingerprint density at radius 2 is 1.82 bits per heavy atom. The summed E-state index contributed by atoms with van der Waals surface area (Å²) in [5.41, 5.74) is 3.91. The number of rotatable bonds is 9. The topological polar surface area (TPSA) is 118 Å². The van der Waals surface area contributed by atoms with E-state index in [-0.39, 0.29) is 0 Å². The molecule has 0 spiro atoms. The van der Waals surface area contributed by atoms with Crippen molar-refractivity contribution in [3.63, 3.8) is 0 Å². The number of hydrogen-bond donors (Lipinski definition) is 2. The van der Waals surface area contributed by atoms with Gasteiger partial charge in [0.25, 0.3) is 5.56 Å². The third-order valence-corrected chi connectivity index (χ3v) is 6.05. The van der Waals surface area contributed by atoms with Gasteiger partial charge >= 0.3 is 6.18 Å². The van der Waals surface area contributed by atoms with Gasteiger partial charge in [-0.3, -0.25) is 9.59 Å². The number of unbranched alkanes of at least 4 members (excludes halogenated alkanes) is 2. The first-order chi connectivity index (χ1) is 18.5. The van der Waals surface area contributed by atoms with Gasteiger partial charge in [-0.1, -0.05) is 19.8 Å². The Kier molecular flexibility index (Phi) is 9.91. The van der Waals surface area contributed by atoms with Crippen molar-refractivity contribution in [1.29, 1.82) is 0 Å². The summed E-state index contributed by atoms with van der Waals surface area (Å²) >= 11 is 0. The maximum atomic E-state index is 14.5. The molecule has 0 aliphatic heterocycles. The Morgan fingerprint density at radius 3 is 2.36 bits per heavy atom. The number of carbonyl (C=O) groups is 1. The van der Waals surface area contributed by atoms with Gasteiger partial charge in [0.05, 0.1) is 17.4 Å². The van der Waals surface area contributed by atoms with Crippen molar-refractivity contribution < 1.29 is 22.4 Å². The molecule has 0 saturated heterocycles. The fourth-order valence-corrected chi connectivity index (χ4v) is 3.73. The fraction of sp³-hybridized carbons (Fsp3) is 0.370. The molecule has 0 unspecified atom stereocenters. The van der Waals surface area contributed by atoms with Crippen LogP contribution < -0.4 is 11.3 Å². The van der Waals surface area contributed by atoms with Crippen LogP contribution in [0.4, 0.5) is 23.2 Å². The van der Waals surface area contributed by atoms with Crippen LogP contribution in [0, 0.1) is 5.82 Å². The van der Waals surface area contributed by atoms with Crippen molar-refractivity contribution in [2.75, 3.05) is 19.3 Å². The second-order valence-electron chi connectivity index (χ2n) is 9.22. The predicted octanol–water partition coefficient (Wildman–Crippen LogP) is 5.44. The van der Waals surface area contributed by atoms with E-state index in [1.807, 2.05) is 19.3 Å². The molecule has 0 amide bonds. The molecule has 0 atom stereocenters. The van der Waals surface area contributed by atoms with E-state index in [0.717, 1.165) is 24.7 Å². The van der Waals surface area contributed by atoms with E-state index in [9.17, 15) is 27.2 Å². The van der Waals surface area contributed by atoms with Crippen molar-refractivity contribution >= 4 is 18.0 Å². The van der Waals surface area contributed by atoms with Gasteiger partial charge in [0.2, 0.25) is 0 Å². The Labute approximate surface area is 223 Å². The number of hydrogen-bond acceptors (Lipinski definition) is 7. The van der Waals surface area contributed by atoms with Gasteiger partial charge < -0.3 is 10.6 Å². The summed E-state index contributed by atoms with van der Waals surface area (Å²) in [5.74, 6) is 0.424. The third-order valence-electron chi connectivity index (χ3n) is 6.05. The number of carbonyl (C=O) groups excluding carboxylic acids is 1. The minimum absolute atomic E-state index is 0.316. The molecule has 208 valence electrons. The summed E-state index contributed by atoms with van der Waals surface area (Å²) in [5, 5.41) is 4.74. The number of nitrogens with zero attached hydrogens (tertiary/aromatic N) is 4. The molecule has 0 radical (unpaired) electrons. The minimum Gasteiger partial charge on any atom is -0.397 e. The van der Waals surface area contributed by atoms with Crippen LogP contribution in [-0.4, -0.2) is 44.9 Å². The zero-order chi connectivity index (χ0) is 28.6. The molecule has 1 saturated carbocycles. The molecular formula is C27H30F4N6O2. The molecule has 2 aromatic heterocycles. The lowest BCUT2D eigenvalue weighted by Gasteiger charge is -2.13. The second-order valence-corrected chi connectivity index (χ2v) is 9.22. The lowest BCUT2D eigenvalue weighted by atomic mass is 10.0. The summed E-state index contributed by atoms with van der Waals surface area (Å²) in [7, 11) is 2.00. The number of H-pyrrole nitrogens is 1. The molecule has 2 heterocycles. The first-order valence-corrected chi connectivity index (χ1v) is 12.4. The maximum absolute atomic E-state index is 14.5. The standard InChI is InChI=1S/C22H26FN3O.C5H4F3N3O/c1-3-4-5-9-26(2)10-8-17-11-20(21(23)12-18(17)15-27)22-24-13-19(14-25-22)16-6-7-16;6-5(7,8)3-2(9)1-10-11-4(3)12/h8,10-16H,3-7,9H2,1-2H3;1H,(H3,9,11,12)/b10-8-;. The van der Waals surface area contributed by atoms with E-state index < -0.39 is 28.8 Å². The lowest BCUT2D eigenvalue weighted by molar-refractivity contribution is -0.138. The minimum atomic E-state index is -4.74. The lowest BCUT2D eigenvalue weighted by Crippen LogP contribution is -2.24. The average molecular weight is 547 g/mol. The molecule has 3 N–H and O–H groups in total. The molecule has 1 aliphatic carbocycles. The monoisotopic (exact) mass is 546 g/mol. The highest BCUT2D eigenvalue weighted by molar-refractivity contribution is 5.84. The molecule has 4 rings (SSSR count). The highest BCUT2D eigenvalue weighted by atomic mass is 19.4. The van der Waals surface area contributed by atoms with Crippen molar-refractivity contribution in [3.8, 4) is 11.4 Å². The van der Waals surface area contributed by atoms with E-state index in [0.29, 0.717) is 34.7 Å². The van der Waals surface area contributed by atoms with Crippen molar-refractivity contribution in [3.05, 3.63) is 75.3 Å². The largest absolute Gasteiger partial charge is 0.423 e. The number of alkyl halides is 3. The van der Waals surface area contributed by atoms with Gasteiger partial charge in [-0.2, -0.15) is 18.3 Å². The van der Waals surface area contributed by atoms with Gasteiger partial charge in [0.1, 0.15) is 11.4 Å². The van der Waals surface area contributed by atoms with Crippen LogP contribution in [0.2, 0.25) is 0 Å². The van der Waals surface area contributed by atoms with Gasteiger partial charge in [0.15, 0.2) is 12.1 Å². The van der Waals surface area contributed by atoms with Gasteiger partial charge in [-0.25, -0.2) is 19.5 Å². The number of nitrogen functional groups attached to an aromatic ring is 1. The molecule has 8 nitrogen and oxygen atoms in total. The maximum Gasteiger partial charge on any atom is 0.423 e. The van der Waals surface area contributed by atoms with E-state index in [1.165, 1.54) is 31.7 Å². The van der Waals surface area contributed by atoms with E-state index in [4.69, 9.17) is 5.73 Å². The number of aldehydes is 1. The van der Waals surface area contributed by atoms with Crippen molar-refractivity contribution in [2.45, 2.75) is 51.1 Å². The summed E-state index contributed by atoms with van der Waals surface area (Å²) in [6.07, 6.45) is 9.85. The Bertz CT molecular complexity index is 1350. The van der Waals surface area contributed by atoms with Crippen LogP contribution in [-0.2, 0) is 6.18 Å². The van der Waals surface area contributed by atoms with E-state index >= 15 is 0 Å². The van der Waals surface area contributed by atoms with Crippen molar-refractivity contribution in [1.82, 2.24) is 25.1 Å². The van der Waals surface area contributed by atoms with Gasteiger partial charge in [-0.05, 0) is 60.7 Å². The number of benzene rings is 1. The Hall–Kier alpha value is -4.09. The van der Waals surface area contributed by atoms with E-state index in [2.05, 4.69) is 26.9 Å². The zero-order valence-electron chi connectivity index (χ0n) is 21.6. The Morgan fingerprint density at radius 1 is 1.13 bits per heavy atom.